The van der Waals surface area contributed by atoms with Crippen LogP contribution in [0.1, 0.15) is 13.8 Å². The number of thiocarbonyl (C=S) groups is 1. The van der Waals surface area contributed by atoms with E-state index >= 15 is 0 Å². The molecule has 22 heavy (non-hydrogen) atoms. The number of ether oxygens (including phenoxy) is 1. The number of hydrogen-bond donors (Lipinski definition) is 2. The first-order valence-electron chi connectivity index (χ1n) is 7.68. The number of halogens is 1. The SMILES string of the molecule is CC(C)CN1CCO[C@H](CNC(=S)Nc2ccccc2F)C1. The van der Waals surface area contributed by atoms with Crippen LogP contribution in [0.5, 0.6) is 0 Å². The van der Waals surface area contributed by atoms with Crippen molar-refractivity contribution in [2.45, 2.75) is 20.0 Å². The van der Waals surface area contributed by atoms with Crippen molar-refractivity contribution in [2.75, 3.05) is 38.1 Å². The Balaban J connectivity index is 1.75. The standard InChI is InChI=1S/C16H24FN3OS/c1-12(2)10-20-7-8-21-13(11-20)9-18-16(22)19-15-6-4-3-5-14(15)17/h3-6,12-13H,7-11H2,1-2H3,(H2,18,19,22)/t13-/m1/s1. The molecule has 1 heterocycles. The monoisotopic (exact) mass is 325 g/mol. The number of benzene rings is 1. The maximum absolute atomic E-state index is 13.5. The van der Waals surface area contributed by atoms with Gasteiger partial charge < -0.3 is 15.4 Å². The molecule has 1 saturated heterocycles. The predicted octanol–water partition coefficient (Wildman–Crippen LogP) is 2.47. The van der Waals surface area contributed by atoms with Gasteiger partial charge in [0.25, 0.3) is 0 Å². The zero-order chi connectivity index (χ0) is 15.9. The summed E-state index contributed by atoms with van der Waals surface area (Å²) >= 11 is 5.21. The minimum absolute atomic E-state index is 0.105. The summed E-state index contributed by atoms with van der Waals surface area (Å²) in [5.74, 6) is 0.333. The lowest BCUT2D eigenvalue weighted by atomic mass is 10.2. The van der Waals surface area contributed by atoms with E-state index in [-0.39, 0.29) is 11.9 Å². The molecule has 0 saturated carbocycles. The number of nitrogens with zero attached hydrogens (tertiary/aromatic N) is 1. The van der Waals surface area contributed by atoms with Gasteiger partial charge in [0, 0.05) is 26.2 Å². The summed E-state index contributed by atoms with van der Waals surface area (Å²) in [6.07, 6.45) is 0.105. The summed E-state index contributed by atoms with van der Waals surface area (Å²) in [5.41, 5.74) is 0.381. The number of para-hydroxylation sites is 1. The molecule has 1 fully saturated rings. The number of anilines is 1. The Morgan fingerprint density at radius 2 is 2.23 bits per heavy atom. The number of rotatable bonds is 5. The Morgan fingerprint density at radius 3 is 2.95 bits per heavy atom. The minimum atomic E-state index is -0.316. The van der Waals surface area contributed by atoms with Gasteiger partial charge in [-0.2, -0.15) is 0 Å². The fourth-order valence-electron chi connectivity index (χ4n) is 2.52. The van der Waals surface area contributed by atoms with Gasteiger partial charge in [-0.25, -0.2) is 4.39 Å². The highest BCUT2D eigenvalue weighted by Crippen LogP contribution is 2.12. The first-order chi connectivity index (χ1) is 10.5. The Hall–Kier alpha value is -1.24. The molecule has 0 spiro atoms. The van der Waals surface area contributed by atoms with Crippen molar-refractivity contribution >= 4 is 23.0 Å². The number of morpholine rings is 1. The minimum Gasteiger partial charge on any atom is -0.374 e. The maximum Gasteiger partial charge on any atom is 0.170 e. The van der Waals surface area contributed by atoms with Gasteiger partial charge in [-0.1, -0.05) is 26.0 Å². The molecule has 0 aromatic heterocycles. The van der Waals surface area contributed by atoms with E-state index in [0.717, 1.165) is 26.2 Å². The Kier molecular flexibility index (Phi) is 6.54. The van der Waals surface area contributed by atoms with Crippen LogP contribution in [-0.4, -0.2) is 48.9 Å². The molecule has 6 heteroatoms. The molecule has 1 aliphatic heterocycles. The van der Waals surface area contributed by atoms with E-state index in [9.17, 15) is 4.39 Å². The molecule has 2 N–H and O–H groups in total. The van der Waals surface area contributed by atoms with Crippen molar-refractivity contribution in [3.63, 3.8) is 0 Å². The third-order valence-electron chi connectivity index (χ3n) is 3.46. The molecule has 4 nitrogen and oxygen atoms in total. The van der Waals surface area contributed by atoms with Crippen molar-refractivity contribution in [2.24, 2.45) is 5.92 Å². The molecular formula is C16H24FN3OS. The van der Waals surface area contributed by atoms with E-state index in [4.69, 9.17) is 17.0 Å². The van der Waals surface area contributed by atoms with Crippen molar-refractivity contribution < 1.29 is 9.13 Å². The quantitative estimate of drug-likeness (QED) is 0.814. The van der Waals surface area contributed by atoms with E-state index in [1.165, 1.54) is 6.07 Å². The summed E-state index contributed by atoms with van der Waals surface area (Å²) in [6, 6.07) is 6.47. The van der Waals surface area contributed by atoms with Crippen LogP contribution in [0, 0.1) is 11.7 Å². The Bertz CT molecular complexity index is 498. The van der Waals surface area contributed by atoms with E-state index in [2.05, 4.69) is 29.4 Å². The Morgan fingerprint density at radius 1 is 1.45 bits per heavy atom. The van der Waals surface area contributed by atoms with Crippen LogP contribution in [0.25, 0.3) is 0 Å². The second kappa shape index (κ2) is 8.41. The summed E-state index contributed by atoms with van der Waals surface area (Å²) in [6.45, 7) is 8.76. The van der Waals surface area contributed by atoms with Crippen LogP contribution < -0.4 is 10.6 Å². The summed E-state index contributed by atoms with van der Waals surface area (Å²) in [5, 5.41) is 6.39. The summed E-state index contributed by atoms with van der Waals surface area (Å²) < 4.78 is 19.3. The van der Waals surface area contributed by atoms with Crippen molar-refractivity contribution in [1.82, 2.24) is 10.2 Å². The fraction of sp³-hybridized carbons (Fsp3) is 0.562. The first-order valence-corrected chi connectivity index (χ1v) is 8.08. The fourth-order valence-corrected chi connectivity index (χ4v) is 2.72. The smallest absolute Gasteiger partial charge is 0.170 e. The van der Waals surface area contributed by atoms with Crippen molar-refractivity contribution in [3.8, 4) is 0 Å². The van der Waals surface area contributed by atoms with Gasteiger partial charge in [0.05, 0.1) is 18.4 Å². The largest absolute Gasteiger partial charge is 0.374 e. The Labute approximate surface area is 137 Å². The lowest BCUT2D eigenvalue weighted by Crippen LogP contribution is -2.48. The topological polar surface area (TPSA) is 36.5 Å². The summed E-state index contributed by atoms with van der Waals surface area (Å²) in [4.78, 5) is 2.41. The van der Waals surface area contributed by atoms with Gasteiger partial charge in [0.15, 0.2) is 5.11 Å². The lowest BCUT2D eigenvalue weighted by Gasteiger charge is -2.34. The van der Waals surface area contributed by atoms with Crippen LogP contribution in [0.15, 0.2) is 24.3 Å². The molecule has 1 atom stereocenters. The highest BCUT2D eigenvalue weighted by atomic mass is 32.1. The second-order valence-corrected chi connectivity index (χ2v) is 6.37. The molecule has 122 valence electrons. The van der Waals surface area contributed by atoms with Crippen LogP contribution in [0.4, 0.5) is 10.1 Å². The van der Waals surface area contributed by atoms with Crippen molar-refractivity contribution in [3.05, 3.63) is 30.1 Å². The first kappa shape index (κ1) is 17.1. The van der Waals surface area contributed by atoms with Gasteiger partial charge in [-0.05, 0) is 30.3 Å². The van der Waals surface area contributed by atoms with Gasteiger partial charge >= 0.3 is 0 Å². The average Bonchev–Trinajstić information content (AvgIpc) is 2.47. The highest BCUT2D eigenvalue weighted by Gasteiger charge is 2.21. The normalized spacial score (nSPS) is 19.2. The van der Waals surface area contributed by atoms with E-state index in [0.29, 0.717) is 23.3 Å². The number of hydrogen-bond acceptors (Lipinski definition) is 3. The molecule has 2 rings (SSSR count). The molecule has 0 amide bonds. The van der Waals surface area contributed by atoms with Gasteiger partial charge in [0.2, 0.25) is 0 Å². The zero-order valence-electron chi connectivity index (χ0n) is 13.1. The lowest BCUT2D eigenvalue weighted by molar-refractivity contribution is -0.0283. The van der Waals surface area contributed by atoms with Crippen LogP contribution in [0.2, 0.25) is 0 Å². The van der Waals surface area contributed by atoms with E-state index in [1.54, 1.807) is 18.2 Å². The van der Waals surface area contributed by atoms with Crippen molar-refractivity contribution in [1.29, 1.82) is 0 Å². The molecule has 1 aromatic rings. The predicted molar refractivity (Wildman–Crippen MR) is 91.6 cm³/mol. The van der Waals surface area contributed by atoms with E-state index < -0.39 is 0 Å². The average molecular weight is 325 g/mol. The molecule has 1 aromatic carbocycles. The van der Waals surface area contributed by atoms with Crippen LogP contribution >= 0.6 is 12.2 Å². The molecule has 0 aliphatic carbocycles. The number of nitrogens with one attached hydrogen (secondary N) is 2. The zero-order valence-corrected chi connectivity index (χ0v) is 14.0. The molecule has 0 unspecified atom stereocenters. The molecule has 0 bridgehead atoms. The third kappa shape index (κ3) is 5.51. The van der Waals surface area contributed by atoms with Gasteiger partial charge in [-0.3, -0.25) is 4.90 Å². The van der Waals surface area contributed by atoms with Crippen LogP contribution in [-0.2, 0) is 4.74 Å². The molecule has 0 radical (unpaired) electrons. The maximum atomic E-state index is 13.5. The second-order valence-electron chi connectivity index (χ2n) is 5.96. The molecular weight excluding hydrogens is 301 g/mol. The third-order valence-corrected chi connectivity index (χ3v) is 3.70. The summed E-state index contributed by atoms with van der Waals surface area (Å²) in [7, 11) is 0. The van der Waals surface area contributed by atoms with E-state index in [1.807, 2.05) is 0 Å². The van der Waals surface area contributed by atoms with Gasteiger partial charge in [0.1, 0.15) is 5.82 Å². The van der Waals surface area contributed by atoms with Crippen LogP contribution in [0.3, 0.4) is 0 Å². The highest BCUT2D eigenvalue weighted by molar-refractivity contribution is 7.80. The van der Waals surface area contributed by atoms with Gasteiger partial charge in [-0.15, -0.1) is 0 Å². The molecule has 1 aliphatic rings.